The van der Waals surface area contributed by atoms with E-state index in [9.17, 15) is 4.79 Å². The van der Waals surface area contributed by atoms with E-state index in [1.54, 1.807) is 6.20 Å². The van der Waals surface area contributed by atoms with E-state index in [4.69, 9.17) is 21.4 Å². The number of hydrogen-bond donors (Lipinski definition) is 3. The van der Waals surface area contributed by atoms with E-state index in [-0.39, 0.29) is 6.54 Å². The van der Waals surface area contributed by atoms with Gasteiger partial charge in [-0.1, -0.05) is 48.0 Å². The molecular formula is C30H27ClN6O3. The average molecular weight is 555 g/mol. The highest BCUT2D eigenvalue weighted by Crippen LogP contribution is 2.39. The lowest BCUT2D eigenvalue weighted by atomic mass is 9.96. The molecule has 5 rings (SSSR count). The normalized spacial score (nSPS) is 11.0. The summed E-state index contributed by atoms with van der Waals surface area (Å²) in [7, 11) is 1.53. The number of carbonyl (C=O) groups is 1. The van der Waals surface area contributed by atoms with E-state index in [0.29, 0.717) is 40.3 Å². The summed E-state index contributed by atoms with van der Waals surface area (Å²) in [4.78, 5) is 29.1. The van der Waals surface area contributed by atoms with Gasteiger partial charge in [0.2, 0.25) is 5.88 Å². The Morgan fingerprint density at radius 1 is 0.950 bits per heavy atom. The standard InChI is InChI=1S/C30H27ClN6O3/c1-17-20(7-5-10-23(17)36-29-28-25(11-6-14-33-28)34-18(2)35-29)21-8-4-9-22(27(21)31)24-13-12-19(30(37-24)40-3)15-32-16-26(38)39/h4-14,32H,15-16H2,1-3H3,(H,38,39)(H,34,35,36). The second-order valence-electron chi connectivity index (χ2n) is 9.12. The number of carboxylic acid groups (broad SMARTS) is 1. The summed E-state index contributed by atoms with van der Waals surface area (Å²) in [6.07, 6.45) is 1.73. The number of carboxylic acids is 1. The van der Waals surface area contributed by atoms with Crippen molar-refractivity contribution in [3.63, 3.8) is 0 Å². The van der Waals surface area contributed by atoms with Crippen molar-refractivity contribution < 1.29 is 14.6 Å². The van der Waals surface area contributed by atoms with Gasteiger partial charge in [0, 0.05) is 35.1 Å². The van der Waals surface area contributed by atoms with E-state index in [2.05, 4.69) is 30.6 Å². The molecule has 0 saturated carbocycles. The molecule has 0 atom stereocenters. The highest BCUT2D eigenvalue weighted by Gasteiger charge is 2.17. The number of ether oxygens (including phenoxy) is 1. The Balaban J connectivity index is 1.49. The molecule has 10 heteroatoms. The van der Waals surface area contributed by atoms with Crippen LogP contribution in [0.2, 0.25) is 5.02 Å². The summed E-state index contributed by atoms with van der Waals surface area (Å²) in [6, 6.07) is 19.3. The molecule has 0 aliphatic carbocycles. The second-order valence-corrected chi connectivity index (χ2v) is 9.50. The van der Waals surface area contributed by atoms with Crippen LogP contribution in [0.5, 0.6) is 5.88 Å². The molecule has 3 aromatic heterocycles. The minimum absolute atomic E-state index is 0.157. The third-order valence-corrected chi connectivity index (χ3v) is 6.85. The number of aryl methyl sites for hydroxylation is 1. The number of aromatic nitrogens is 4. The molecule has 202 valence electrons. The number of hydrogen-bond acceptors (Lipinski definition) is 8. The van der Waals surface area contributed by atoms with Gasteiger partial charge in [-0.05, 0) is 49.2 Å². The summed E-state index contributed by atoms with van der Waals surface area (Å²) >= 11 is 7.01. The Kier molecular flexibility index (Phi) is 7.86. The van der Waals surface area contributed by atoms with E-state index >= 15 is 0 Å². The number of rotatable bonds is 9. The number of pyridine rings is 2. The first kappa shape index (κ1) is 27.0. The van der Waals surface area contributed by atoms with Crippen LogP contribution in [0.3, 0.4) is 0 Å². The van der Waals surface area contributed by atoms with Crippen molar-refractivity contribution in [3.8, 4) is 28.3 Å². The van der Waals surface area contributed by atoms with Crippen molar-refractivity contribution in [2.45, 2.75) is 20.4 Å². The molecule has 0 spiro atoms. The van der Waals surface area contributed by atoms with Crippen LogP contribution in [0.1, 0.15) is 17.0 Å². The van der Waals surface area contributed by atoms with Gasteiger partial charge in [-0.2, -0.15) is 0 Å². The number of aliphatic carboxylic acids is 1. The summed E-state index contributed by atoms with van der Waals surface area (Å²) in [5, 5.41) is 15.7. The van der Waals surface area contributed by atoms with Crippen molar-refractivity contribution in [3.05, 3.63) is 88.8 Å². The SMILES string of the molecule is COc1nc(-c2cccc(-c3cccc(Nc4nc(C)nc5cccnc45)c3C)c2Cl)ccc1CNCC(=O)O. The molecule has 5 aromatic rings. The van der Waals surface area contributed by atoms with E-state index in [0.717, 1.165) is 39.0 Å². The van der Waals surface area contributed by atoms with E-state index in [1.807, 2.05) is 74.5 Å². The van der Waals surface area contributed by atoms with Crippen molar-refractivity contribution in [2.75, 3.05) is 19.0 Å². The van der Waals surface area contributed by atoms with Gasteiger partial charge in [-0.15, -0.1) is 0 Å². The first-order valence-corrected chi connectivity index (χ1v) is 12.9. The van der Waals surface area contributed by atoms with Crippen LogP contribution in [0.4, 0.5) is 11.5 Å². The molecule has 0 amide bonds. The quantitative estimate of drug-likeness (QED) is 0.203. The summed E-state index contributed by atoms with van der Waals surface area (Å²) in [6.45, 7) is 4.04. The van der Waals surface area contributed by atoms with Gasteiger partial charge in [-0.3, -0.25) is 9.78 Å². The Hall–Kier alpha value is -4.60. The fourth-order valence-electron chi connectivity index (χ4n) is 4.53. The average Bonchev–Trinajstić information content (AvgIpc) is 2.94. The van der Waals surface area contributed by atoms with Crippen molar-refractivity contribution in [1.29, 1.82) is 0 Å². The van der Waals surface area contributed by atoms with Crippen molar-refractivity contribution >= 4 is 40.1 Å². The second kappa shape index (κ2) is 11.6. The van der Waals surface area contributed by atoms with Crippen LogP contribution in [-0.2, 0) is 11.3 Å². The van der Waals surface area contributed by atoms with E-state index < -0.39 is 5.97 Å². The molecule has 0 fully saturated rings. The fourth-order valence-corrected chi connectivity index (χ4v) is 4.86. The Morgan fingerprint density at radius 2 is 1.73 bits per heavy atom. The molecule has 3 heterocycles. The van der Waals surface area contributed by atoms with E-state index in [1.165, 1.54) is 7.11 Å². The maximum Gasteiger partial charge on any atom is 0.317 e. The molecular weight excluding hydrogens is 528 g/mol. The third kappa shape index (κ3) is 5.56. The smallest absolute Gasteiger partial charge is 0.317 e. The molecule has 0 bridgehead atoms. The zero-order chi connectivity index (χ0) is 28.2. The number of anilines is 2. The topological polar surface area (TPSA) is 122 Å². The van der Waals surface area contributed by atoms with Crippen LogP contribution in [-0.4, -0.2) is 44.7 Å². The van der Waals surface area contributed by atoms with Gasteiger partial charge in [0.1, 0.15) is 11.3 Å². The van der Waals surface area contributed by atoms with Gasteiger partial charge < -0.3 is 20.5 Å². The van der Waals surface area contributed by atoms with Gasteiger partial charge in [0.05, 0.1) is 29.9 Å². The lowest BCUT2D eigenvalue weighted by Crippen LogP contribution is -2.22. The van der Waals surface area contributed by atoms with Gasteiger partial charge in [-0.25, -0.2) is 15.0 Å². The van der Waals surface area contributed by atoms with Crippen molar-refractivity contribution in [1.82, 2.24) is 25.3 Å². The first-order chi connectivity index (χ1) is 19.4. The minimum Gasteiger partial charge on any atom is -0.481 e. The Bertz CT molecular complexity index is 1730. The summed E-state index contributed by atoms with van der Waals surface area (Å²) < 4.78 is 5.48. The molecule has 0 aliphatic heterocycles. The summed E-state index contributed by atoms with van der Waals surface area (Å²) in [5.74, 6) is 0.760. The summed E-state index contributed by atoms with van der Waals surface area (Å²) in [5.41, 5.74) is 7.30. The lowest BCUT2D eigenvalue weighted by Gasteiger charge is -2.17. The van der Waals surface area contributed by atoms with Crippen LogP contribution in [0, 0.1) is 13.8 Å². The largest absolute Gasteiger partial charge is 0.481 e. The number of halogens is 1. The number of nitrogens with zero attached hydrogens (tertiary/aromatic N) is 4. The maximum absolute atomic E-state index is 10.8. The van der Waals surface area contributed by atoms with Crippen LogP contribution >= 0.6 is 11.6 Å². The van der Waals surface area contributed by atoms with Crippen LogP contribution in [0.25, 0.3) is 33.4 Å². The number of nitrogens with one attached hydrogen (secondary N) is 2. The molecule has 0 unspecified atom stereocenters. The number of methoxy groups -OCH3 is 1. The van der Waals surface area contributed by atoms with Crippen LogP contribution < -0.4 is 15.4 Å². The molecule has 0 saturated heterocycles. The fraction of sp³-hybridized carbons (Fsp3) is 0.167. The highest BCUT2D eigenvalue weighted by atomic mass is 35.5. The van der Waals surface area contributed by atoms with Crippen molar-refractivity contribution in [2.24, 2.45) is 0 Å². The zero-order valence-electron chi connectivity index (χ0n) is 22.2. The van der Waals surface area contributed by atoms with Gasteiger partial charge in [0.15, 0.2) is 5.82 Å². The highest BCUT2D eigenvalue weighted by molar-refractivity contribution is 6.36. The monoisotopic (exact) mass is 554 g/mol. The molecule has 0 radical (unpaired) electrons. The predicted molar refractivity (Wildman–Crippen MR) is 156 cm³/mol. The predicted octanol–water partition coefficient (Wildman–Crippen LogP) is 5.95. The lowest BCUT2D eigenvalue weighted by molar-refractivity contribution is -0.136. The molecule has 3 N–H and O–H groups in total. The molecule has 0 aliphatic rings. The Labute approximate surface area is 236 Å². The number of fused-ring (bicyclic) bond motifs is 1. The molecule has 40 heavy (non-hydrogen) atoms. The number of benzene rings is 2. The minimum atomic E-state index is -0.932. The first-order valence-electron chi connectivity index (χ1n) is 12.6. The third-order valence-electron chi connectivity index (χ3n) is 6.44. The molecule has 9 nitrogen and oxygen atoms in total. The molecule has 2 aromatic carbocycles. The Morgan fingerprint density at radius 3 is 2.52 bits per heavy atom. The maximum atomic E-state index is 10.8. The van der Waals surface area contributed by atoms with Crippen LogP contribution in [0.15, 0.2) is 66.9 Å². The van der Waals surface area contributed by atoms with Gasteiger partial charge >= 0.3 is 5.97 Å². The van der Waals surface area contributed by atoms with Gasteiger partial charge in [0.25, 0.3) is 0 Å². The zero-order valence-corrected chi connectivity index (χ0v) is 23.0.